The zero-order chi connectivity index (χ0) is 19.2. The zero-order valence-electron chi connectivity index (χ0n) is 16.4. The van der Waals surface area contributed by atoms with Gasteiger partial charge in [-0.05, 0) is 51.1 Å². The molecule has 6 heteroatoms. The molecule has 27 heavy (non-hydrogen) atoms. The third kappa shape index (κ3) is 5.77. The van der Waals surface area contributed by atoms with Gasteiger partial charge in [-0.3, -0.25) is 14.6 Å². The Morgan fingerprint density at radius 3 is 2.37 bits per heavy atom. The minimum Gasteiger partial charge on any atom is -0.372 e. The third-order valence-electron chi connectivity index (χ3n) is 5.30. The zero-order valence-corrected chi connectivity index (χ0v) is 16.4. The van der Waals surface area contributed by atoms with Gasteiger partial charge in [0.15, 0.2) is 0 Å². The van der Waals surface area contributed by atoms with Crippen LogP contribution in [0.25, 0.3) is 0 Å². The molecule has 0 N–H and O–H groups in total. The molecule has 6 nitrogen and oxygen atoms in total. The average molecular weight is 370 g/mol. The summed E-state index contributed by atoms with van der Waals surface area (Å²) in [7, 11) is 0. The normalized spacial score (nSPS) is 25.0. The molecule has 0 radical (unpaired) electrons. The van der Waals surface area contributed by atoms with Gasteiger partial charge in [-0.25, -0.2) is 0 Å². The van der Waals surface area contributed by atoms with Gasteiger partial charge in [0.25, 0.3) is 0 Å². The van der Waals surface area contributed by atoms with E-state index < -0.39 is 0 Å². The average Bonchev–Trinajstić information content (AvgIpc) is 2.87. The number of rotatable bonds is 4. The van der Waals surface area contributed by atoms with E-state index in [1.807, 2.05) is 43.0 Å². The Bertz CT molecular complexity index is 660. The van der Waals surface area contributed by atoms with Crippen molar-refractivity contribution in [3.63, 3.8) is 0 Å². The number of morpholine rings is 1. The van der Waals surface area contributed by atoms with Gasteiger partial charge in [0.05, 0.1) is 30.4 Å². The summed E-state index contributed by atoms with van der Waals surface area (Å²) in [6.45, 7) is 10.7. The topological polar surface area (TPSA) is 59.8 Å². The second-order valence-electron chi connectivity index (χ2n) is 7.77. The molecule has 2 atom stereocenters. The van der Waals surface area contributed by atoms with Gasteiger partial charge >= 0.3 is 0 Å². The minimum absolute atomic E-state index is 0.116. The van der Waals surface area contributed by atoms with E-state index in [1.165, 1.54) is 5.56 Å². The predicted octanol–water partition coefficient (Wildman–Crippen LogP) is 1.70. The van der Waals surface area contributed by atoms with E-state index in [4.69, 9.17) is 10.00 Å². The summed E-state index contributed by atoms with van der Waals surface area (Å²) in [5, 5.41) is 8.91. The highest BCUT2D eigenvalue weighted by atomic mass is 16.5. The summed E-state index contributed by atoms with van der Waals surface area (Å²) >= 11 is 0. The molecule has 0 aliphatic carbocycles. The molecule has 3 rings (SSSR count). The first-order valence-corrected chi connectivity index (χ1v) is 9.90. The summed E-state index contributed by atoms with van der Waals surface area (Å²) < 4.78 is 5.73. The van der Waals surface area contributed by atoms with E-state index in [9.17, 15) is 4.79 Å². The molecule has 2 aliphatic heterocycles. The second-order valence-corrected chi connectivity index (χ2v) is 7.77. The maximum Gasteiger partial charge on any atom is 0.236 e. The summed E-state index contributed by atoms with van der Waals surface area (Å²) in [5.74, 6) is 0.220. The molecule has 2 aliphatic rings. The summed E-state index contributed by atoms with van der Waals surface area (Å²) in [4.78, 5) is 19.4. The number of ether oxygens (including phenoxy) is 1. The van der Waals surface area contributed by atoms with Crippen molar-refractivity contribution in [1.82, 2.24) is 14.7 Å². The van der Waals surface area contributed by atoms with Gasteiger partial charge in [0.2, 0.25) is 5.91 Å². The predicted molar refractivity (Wildman–Crippen MR) is 104 cm³/mol. The molecule has 0 spiro atoms. The number of hydrogen-bond acceptors (Lipinski definition) is 5. The van der Waals surface area contributed by atoms with Crippen LogP contribution >= 0.6 is 0 Å². The highest BCUT2D eigenvalue weighted by Crippen LogP contribution is 2.13. The Morgan fingerprint density at radius 1 is 1.07 bits per heavy atom. The molecule has 1 aromatic rings. The molecule has 2 saturated heterocycles. The van der Waals surface area contributed by atoms with Crippen molar-refractivity contribution in [2.45, 2.75) is 39.0 Å². The highest BCUT2D eigenvalue weighted by Gasteiger charge is 2.27. The van der Waals surface area contributed by atoms with Gasteiger partial charge in [0.1, 0.15) is 0 Å². The first-order valence-electron chi connectivity index (χ1n) is 9.90. The lowest BCUT2D eigenvalue weighted by Crippen LogP contribution is -2.51. The van der Waals surface area contributed by atoms with E-state index in [1.54, 1.807) is 0 Å². The number of nitrogens with zero attached hydrogens (tertiary/aromatic N) is 4. The van der Waals surface area contributed by atoms with Crippen LogP contribution in [-0.4, -0.2) is 78.6 Å². The van der Waals surface area contributed by atoms with Crippen LogP contribution in [0.2, 0.25) is 0 Å². The second kappa shape index (κ2) is 9.32. The van der Waals surface area contributed by atoms with Gasteiger partial charge in [-0.2, -0.15) is 5.26 Å². The molecule has 0 saturated carbocycles. The Morgan fingerprint density at radius 2 is 1.70 bits per heavy atom. The van der Waals surface area contributed by atoms with Crippen molar-refractivity contribution >= 4 is 5.91 Å². The van der Waals surface area contributed by atoms with E-state index in [0.717, 1.165) is 39.1 Å². The van der Waals surface area contributed by atoms with Gasteiger partial charge in [-0.1, -0.05) is 12.1 Å². The van der Waals surface area contributed by atoms with Crippen LogP contribution in [0.15, 0.2) is 24.3 Å². The lowest BCUT2D eigenvalue weighted by Gasteiger charge is -2.36. The largest absolute Gasteiger partial charge is 0.372 e. The molecule has 2 heterocycles. The number of hydrogen-bond donors (Lipinski definition) is 0. The maximum absolute atomic E-state index is 12.7. The highest BCUT2D eigenvalue weighted by molar-refractivity contribution is 5.78. The molecule has 1 aromatic carbocycles. The first kappa shape index (κ1) is 19.8. The Balaban J connectivity index is 1.47. The quantitative estimate of drug-likeness (QED) is 0.807. The Kier molecular flexibility index (Phi) is 6.84. The fourth-order valence-corrected chi connectivity index (χ4v) is 3.96. The van der Waals surface area contributed by atoms with Crippen LogP contribution in [0.1, 0.15) is 31.4 Å². The fourth-order valence-electron chi connectivity index (χ4n) is 3.96. The third-order valence-corrected chi connectivity index (χ3v) is 5.30. The number of benzene rings is 1. The smallest absolute Gasteiger partial charge is 0.236 e. The van der Waals surface area contributed by atoms with E-state index in [0.29, 0.717) is 25.2 Å². The van der Waals surface area contributed by atoms with Crippen molar-refractivity contribution in [2.75, 3.05) is 45.8 Å². The Hall–Kier alpha value is -1.94. The molecule has 146 valence electrons. The standard InChI is InChI=1S/C21H30N4O2/c1-17-13-25(14-18(2)27-17)21(26)16-24-9-3-8-23(10-11-24)15-20-6-4-19(12-22)5-7-20/h4-7,17-18H,3,8-11,13-16H2,1-2H3. The van der Waals surface area contributed by atoms with Crippen LogP contribution in [0, 0.1) is 11.3 Å². The molecular formula is C21H30N4O2. The summed E-state index contributed by atoms with van der Waals surface area (Å²) in [5.41, 5.74) is 1.93. The molecule has 0 bridgehead atoms. The SMILES string of the molecule is CC1CN(C(=O)CN2CCCN(Cc3ccc(C#N)cc3)CC2)CC(C)O1. The van der Waals surface area contributed by atoms with Crippen molar-refractivity contribution in [3.8, 4) is 6.07 Å². The van der Waals surface area contributed by atoms with Crippen LogP contribution in [0.5, 0.6) is 0 Å². The van der Waals surface area contributed by atoms with Gasteiger partial charge in [0, 0.05) is 32.7 Å². The van der Waals surface area contributed by atoms with Crippen LogP contribution in [0.3, 0.4) is 0 Å². The molecular weight excluding hydrogens is 340 g/mol. The number of carbonyl (C=O) groups is 1. The Labute approximate surface area is 162 Å². The van der Waals surface area contributed by atoms with Crippen LogP contribution < -0.4 is 0 Å². The lowest BCUT2D eigenvalue weighted by molar-refractivity contribution is -0.144. The monoisotopic (exact) mass is 370 g/mol. The van der Waals surface area contributed by atoms with Crippen molar-refractivity contribution in [2.24, 2.45) is 0 Å². The summed E-state index contributed by atoms with van der Waals surface area (Å²) in [6, 6.07) is 9.98. The molecule has 1 amide bonds. The summed E-state index contributed by atoms with van der Waals surface area (Å²) in [6.07, 6.45) is 1.30. The minimum atomic E-state index is 0.116. The van der Waals surface area contributed by atoms with Gasteiger partial charge < -0.3 is 9.64 Å². The lowest BCUT2D eigenvalue weighted by atomic mass is 10.1. The van der Waals surface area contributed by atoms with Gasteiger partial charge in [-0.15, -0.1) is 0 Å². The van der Waals surface area contributed by atoms with Crippen molar-refractivity contribution in [3.05, 3.63) is 35.4 Å². The number of nitriles is 1. The molecule has 2 unspecified atom stereocenters. The van der Waals surface area contributed by atoms with E-state index >= 15 is 0 Å². The first-order chi connectivity index (χ1) is 13.0. The van der Waals surface area contributed by atoms with E-state index in [2.05, 4.69) is 15.9 Å². The van der Waals surface area contributed by atoms with Crippen LogP contribution in [-0.2, 0) is 16.1 Å². The number of amides is 1. The fraction of sp³-hybridized carbons (Fsp3) is 0.619. The molecule has 0 aromatic heterocycles. The molecule has 2 fully saturated rings. The number of carbonyl (C=O) groups excluding carboxylic acids is 1. The maximum atomic E-state index is 12.7. The van der Waals surface area contributed by atoms with Crippen molar-refractivity contribution < 1.29 is 9.53 Å². The van der Waals surface area contributed by atoms with E-state index in [-0.39, 0.29) is 18.1 Å². The van der Waals surface area contributed by atoms with Crippen LogP contribution in [0.4, 0.5) is 0 Å². The van der Waals surface area contributed by atoms with Crippen molar-refractivity contribution in [1.29, 1.82) is 5.26 Å².